The van der Waals surface area contributed by atoms with Crippen LogP contribution in [0.2, 0.25) is 0 Å². The summed E-state index contributed by atoms with van der Waals surface area (Å²) in [6, 6.07) is 3.37. The summed E-state index contributed by atoms with van der Waals surface area (Å²) in [5, 5.41) is 10.1. The summed E-state index contributed by atoms with van der Waals surface area (Å²) in [5.74, 6) is 0. The van der Waals surface area contributed by atoms with Crippen molar-refractivity contribution in [3.63, 3.8) is 0 Å². The minimum Gasteiger partial charge on any atom is -0.398 e. The van der Waals surface area contributed by atoms with Gasteiger partial charge in [0, 0.05) is 12.2 Å². The second-order valence-electron chi connectivity index (χ2n) is 5.50. The molecule has 0 aliphatic carbocycles. The Balaban J connectivity index is 3.04. The zero-order valence-corrected chi connectivity index (χ0v) is 13.3. The summed E-state index contributed by atoms with van der Waals surface area (Å²) in [4.78, 5) is 0.199. The first kappa shape index (κ1) is 16.9. The summed E-state index contributed by atoms with van der Waals surface area (Å²) in [6.07, 6.45) is 1.31. The molecule has 0 aromatic heterocycles. The lowest BCUT2D eigenvalue weighted by Crippen LogP contribution is -2.40. The average Bonchev–Trinajstić information content (AvgIpc) is 2.32. The van der Waals surface area contributed by atoms with Crippen molar-refractivity contribution in [3.8, 4) is 0 Å². The highest BCUT2D eigenvalue weighted by atomic mass is 32.2. The lowest BCUT2D eigenvalue weighted by Gasteiger charge is -2.23. The fourth-order valence-electron chi connectivity index (χ4n) is 2.21. The minimum absolute atomic E-state index is 0.0170. The van der Waals surface area contributed by atoms with E-state index in [9.17, 15) is 13.5 Å². The zero-order valence-electron chi connectivity index (χ0n) is 12.5. The van der Waals surface area contributed by atoms with Crippen LogP contribution in [0.5, 0.6) is 0 Å². The van der Waals surface area contributed by atoms with Crippen LogP contribution >= 0.6 is 0 Å². The smallest absolute Gasteiger partial charge is 0.241 e. The molecule has 0 spiro atoms. The number of sulfonamides is 1. The van der Waals surface area contributed by atoms with E-state index in [-0.39, 0.29) is 11.4 Å². The minimum atomic E-state index is -3.69. The van der Waals surface area contributed by atoms with E-state index in [1.54, 1.807) is 32.9 Å². The molecule has 1 aromatic carbocycles. The van der Waals surface area contributed by atoms with Gasteiger partial charge in [0.15, 0.2) is 0 Å². The Hall–Kier alpha value is -1.11. The third kappa shape index (κ3) is 3.94. The summed E-state index contributed by atoms with van der Waals surface area (Å²) in [6.45, 7) is 6.95. The average molecular weight is 300 g/mol. The van der Waals surface area contributed by atoms with E-state index in [2.05, 4.69) is 4.72 Å². The molecule has 0 heterocycles. The highest BCUT2D eigenvalue weighted by Gasteiger charge is 2.25. The summed E-state index contributed by atoms with van der Waals surface area (Å²) in [5.41, 5.74) is 6.34. The van der Waals surface area contributed by atoms with Gasteiger partial charge in [-0.3, -0.25) is 0 Å². The van der Waals surface area contributed by atoms with E-state index in [1.165, 1.54) is 0 Å². The van der Waals surface area contributed by atoms with Crippen LogP contribution in [-0.2, 0) is 10.0 Å². The van der Waals surface area contributed by atoms with Crippen LogP contribution in [0.3, 0.4) is 0 Å². The highest BCUT2D eigenvalue weighted by Crippen LogP contribution is 2.25. The molecule has 5 nitrogen and oxygen atoms in total. The van der Waals surface area contributed by atoms with Crippen molar-refractivity contribution in [2.24, 2.45) is 0 Å². The van der Waals surface area contributed by atoms with Crippen molar-refractivity contribution >= 4 is 15.7 Å². The van der Waals surface area contributed by atoms with Crippen LogP contribution in [0.1, 0.15) is 37.8 Å². The van der Waals surface area contributed by atoms with Gasteiger partial charge < -0.3 is 10.8 Å². The van der Waals surface area contributed by atoms with Gasteiger partial charge in [0.2, 0.25) is 10.0 Å². The molecule has 0 saturated heterocycles. The maximum Gasteiger partial charge on any atom is 0.241 e. The molecule has 0 amide bonds. The van der Waals surface area contributed by atoms with Gasteiger partial charge in [0.05, 0.1) is 10.5 Å². The Labute approximate surface area is 121 Å². The molecule has 6 heteroatoms. The standard InChI is InChI=1S/C14H24N2O3S/c1-5-8-14(4,17)9-16-20(18,19)13-10(2)6-7-12(15)11(13)3/h6-7,16-17H,5,8-9,15H2,1-4H3. The van der Waals surface area contributed by atoms with Crippen molar-refractivity contribution < 1.29 is 13.5 Å². The van der Waals surface area contributed by atoms with Crippen molar-refractivity contribution in [2.75, 3.05) is 12.3 Å². The molecule has 0 fully saturated rings. The predicted octanol–water partition coefficient (Wildman–Crippen LogP) is 1.72. The quantitative estimate of drug-likeness (QED) is 0.697. The molecule has 4 N–H and O–H groups in total. The maximum atomic E-state index is 12.4. The second-order valence-corrected chi connectivity index (χ2v) is 7.20. The second kappa shape index (κ2) is 6.11. The molecule has 1 atom stereocenters. The van der Waals surface area contributed by atoms with Gasteiger partial charge in [0.1, 0.15) is 0 Å². The molecule has 0 saturated carbocycles. The number of rotatable bonds is 6. The monoisotopic (exact) mass is 300 g/mol. The summed E-state index contributed by atoms with van der Waals surface area (Å²) >= 11 is 0. The van der Waals surface area contributed by atoms with Crippen LogP contribution < -0.4 is 10.5 Å². The number of nitrogen functional groups attached to an aromatic ring is 1. The number of anilines is 1. The molecule has 0 aliphatic rings. The molecular formula is C14H24N2O3S. The number of aliphatic hydroxyl groups is 1. The topological polar surface area (TPSA) is 92.4 Å². The molecular weight excluding hydrogens is 276 g/mol. The van der Waals surface area contributed by atoms with E-state index in [0.717, 1.165) is 6.42 Å². The van der Waals surface area contributed by atoms with Crippen molar-refractivity contribution in [3.05, 3.63) is 23.3 Å². The van der Waals surface area contributed by atoms with Crippen LogP contribution in [0.4, 0.5) is 5.69 Å². The number of nitrogens with one attached hydrogen (secondary N) is 1. The van der Waals surface area contributed by atoms with Gasteiger partial charge >= 0.3 is 0 Å². The van der Waals surface area contributed by atoms with Gasteiger partial charge in [-0.15, -0.1) is 0 Å². The fourth-order valence-corrected chi connectivity index (χ4v) is 3.86. The third-order valence-electron chi connectivity index (χ3n) is 3.34. The predicted molar refractivity (Wildman–Crippen MR) is 81.0 cm³/mol. The first-order chi connectivity index (χ1) is 9.10. The maximum absolute atomic E-state index is 12.4. The number of nitrogens with two attached hydrogens (primary N) is 1. The molecule has 0 aliphatic heterocycles. The molecule has 114 valence electrons. The number of hydrogen-bond donors (Lipinski definition) is 3. The van der Waals surface area contributed by atoms with E-state index in [0.29, 0.717) is 23.2 Å². The fraction of sp³-hybridized carbons (Fsp3) is 0.571. The first-order valence-corrected chi connectivity index (χ1v) is 8.17. The van der Waals surface area contributed by atoms with Gasteiger partial charge in [-0.05, 0) is 44.4 Å². The van der Waals surface area contributed by atoms with Crippen molar-refractivity contribution in [2.45, 2.75) is 51.0 Å². The van der Waals surface area contributed by atoms with Crippen LogP contribution in [0, 0.1) is 13.8 Å². The van der Waals surface area contributed by atoms with Crippen molar-refractivity contribution in [1.29, 1.82) is 0 Å². The molecule has 0 bridgehead atoms. The largest absolute Gasteiger partial charge is 0.398 e. The Morgan fingerprint density at radius 3 is 2.50 bits per heavy atom. The Morgan fingerprint density at radius 1 is 1.35 bits per heavy atom. The Bertz CT molecular complexity index is 580. The molecule has 1 rings (SSSR count). The van der Waals surface area contributed by atoms with E-state index in [4.69, 9.17) is 5.73 Å². The lowest BCUT2D eigenvalue weighted by molar-refractivity contribution is 0.0554. The number of aryl methyl sites for hydroxylation is 1. The zero-order chi connectivity index (χ0) is 15.6. The number of benzene rings is 1. The van der Waals surface area contributed by atoms with Crippen LogP contribution in [0.15, 0.2) is 17.0 Å². The van der Waals surface area contributed by atoms with E-state index < -0.39 is 15.6 Å². The van der Waals surface area contributed by atoms with Crippen molar-refractivity contribution in [1.82, 2.24) is 4.72 Å². The molecule has 1 aromatic rings. The summed E-state index contributed by atoms with van der Waals surface area (Å²) in [7, 11) is -3.69. The number of hydrogen-bond acceptors (Lipinski definition) is 4. The SMILES string of the molecule is CCCC(C)(O)CNS(=O)(=O)c1c(C)ccc(N)c1C. The molecule has 0 radical (unpaired) electrons. The van der Waals surface area contributed by atoms with Gasteiger partial charge in [-0.2, -0.15) is 0 Å². The third-order valence-corrected chi connectivity index (χ3v) is 5.03. The molecule has 1 unspecified atom stereocenters. The van der Waals surface area contributed by atoms with Gasteiger partial charge in [-0.25, -0.2) is 13.1 Å². The summed E-state index contributed by atoms with van der Waals surface area (Å²) < 4.78 is 27.3. The Kier molecular flexibility index (Phi) is 5.18. The van der Waals surface area contributed by atoms with Crippen LogP contribution in [-0.4, -0.2) is 25.7 Å². The van der Waals surface area contributed by atoms with Gasteiger partial charge in [0.25, 0.3) is 0 Å². The van der Waals surface area contributed by atoms with E-state index in [1.807, 2.05) is 6.92 Å². The van der Waals surface area contributed by atoms with Gasteiger partial charge in [-0.1, -0.05) is 19.4 Å². The normalized spacial score (nSPS) is 15.1. The first-order valence-electron chi connectivity index (χ1n) is 6.68. The Morgan fingerprint density at radius 2 is 1.95 bits per heavy atom. The molecule has 20 heavy (non-hydrogen) atoms. The van der Waals surface area contributed by atoms with E-state index >= 15 is 0 Å². The lowest BCUT2D eigenvalue weighted by atomic mass is 10.0. The highest BCUT2D eigenvalue weighted by molar-refractivity contribution is 7.89. The van der Waals surface area contributed by atoms with Crippen LogP contribution in [0.25, 0.3) is 0 Å².